The fraction of sp³-hybridized carbons (Fsp3) is 0.800. The molecule has 4 nitrogen and oxygen atoms in total. The third-order valence-electron chi connectivity index (χ3n) is 2.49. The largest absolute Gasteiger partial charge is 0.359 e. The van der Waals surface area contributed by atoms with Crippen molar-refractivity contribution in [3.05, 3.63) is 0 Å². The van der Waals surface area contributed by atoms with Gasteiger partial charge in [-0.25, -0.2) is 0 Å². The predicted octanol–water partition coefficient (Wildman–Crippen LogP) is 0.178. The molecule has 1 N–H and O–H groups in total. The van der Waals surface area contributed by atoms with E-state index in [0.717, 1.165) is 32.4 Å². The summed E-state index contributed by atoms with van der Waals surface area (Å²) in [4.78, 5) is 24.2. The second-order valence-corrected chi connectivity index (χ2v) is 3.70. The highest BCUT2D eigenvalue weighted by atomic mass is 16.1. The van der Waals surface area contributed by atoms with E-state index in [1.165, 1.54) is 0 Å². The minimum atomic E-state index is 0.0772. The van der Waals surface area contributed by atoms with Gasteiger partial charge in [-0.2, -0.15) is 0 Å². The first-order chi connectivity index (χ1) is 6.72. The maximum absolute atomic E-state index is 11.1. The van der Waals surface area contributed by atoms with E-state index < -0.39 is 0 Å². The lowest BCUT2D eigenvalue weighted by atomic mass is 10.1. The lowest BCUT2D eigenvalue weighted by molar-refractivity contribution is -0.122. The monoisotopic (exact) mass is 198 g/mol. The summed E-state index contributed by atoms with van der Waals surface area (Å²) in [5.41, 5.74) is 0. The smallest absolute Gasteiger partial charge is 0.219 e. The number of Topliss-reactive ketones (excluding diaryl/α,β-unsaturated/α-hetero) is 1. The van der Waals surface area contributed by atoms with E-state index in [1.807, 2.05) is 0 Å². The van der Waals surface area contributed by atoms with Gasteiger partial charge < -0.3 is 5.32 Å². The van der Waals surface area contributed by atoms with Crippen LogP contribution in [0.25, 0.3) is 0 Å². The van der Waals surface area contributed by atoms with Crippen LogP contribution in [-0.2, 0) is 9.59 Å². The molecule has 14 heavy (non-hydrogen) atoms. The third kappa shape index (κ3) is 3.87. The molecule has 1 fully saturated rings. The van der Waals surface area contributed by atoms with E-state index >= 15 is 0 Å². The maximum Gasteiger partial charge on any atom is 0.219 e. The Morgan fingerprint density at radius 1 is 1.57 bits per heavy atom. The van der Waals surface area contributed by atoms with Gasteiger partial charge in [-0.3, -0.25) is 14.5 Å². The quantitative estimate of drug-likeness (QED) is 0.701. The van der Waals surface area contributed by atoms with E-state index in [0.29, 0.717) is 18.7 Å². The number of likely N-dealkylation sites (tertiary alicyclic amines) is 1. The molecule has 4 heteroatoms. The van der Waals surface area contributed by atoms with Crippen LogP contribution in [0.15, 0.2) is 0 Å². The highest BCUT2D eigenvalue weighted by Crippen LogP contribution is 2.06. The van der Waals surface area contributed by atoms with Crippen molar-refractivity contribution in [2.75, 3.05) is 26.7 Å². The van der Waals surface area contributed by atoms with Crippen molar-refractivity contribution >= 4 is 11.7 Å². The number of nitrogens with one attached hydrogen (secondary N) is 1. The van der Waals surface area contributed by atoms with Gasteiger partial charge in [0.2, 0.25) is 5.91 Å². The minimum absolute atomic E-state index is 0.0772. The molecule has 1 aliphatic rings. The summed E-state index contributed by atoms with van der Waals surface area (Å²) < 4.78 is 0. The van der Waals surface area contributed by atoms with Crippen LogP contribution < -0.4 is 5.32 Å². The summed E-state index contributed by atoms with van der Waals surface area (Å²) in [5, 5.41) is 2.59. The molecule has 1 amide bonds. The summed E-state index contributed by atoms with van der Waals surface area (Å²) in [6, 6.07) is 0. The molecule has 1 rings (SSSR count). The van der Waals surface area contributed by atoms with Crippen LogP contribution in [0.2, 0.25) is 0 Å². The summed E-state index contributed by atoms with van der Waals surface area (Å²) in [5.74, 6) is 0.407. The normalized spacial score (nSPS) is 18.2. The average Bonchev–Trinajstić information content (AvgIpc) is 2.17. The van der Waals surface area contributed by atoms with Crippen molar-refractivity contribution in [1.29, 1.82) is 0 Å². The molecule has 0 aromatic heterocycles. The van der Waals surface area contributed by atoms with E-state index in [9.17, 15) is 9.59 Å². The van der Waals surface area contributed by atoms with Gasteiger partial charge in [-0.1, -0.05) is 0 Å². The fourth-order valence-electron chi connectivity index (χ4n) is 1.69. The Labute approximate surface area is 84.7 Å². The standard InChI is InChI=1S/C10H18N2O2/c1-11-10(14)5-3-7-12-6-2-4-9(13)8-12/h2-8H2,1H3,(H,11,14). The lowest BCUT2D eigenvalue weighted by Crippen LogP contribution is -2.36. The Balaban J connectivity index is 2.11. The maximum atomic E-state index is 11.1. The first-order valence-electron chi connectivity index (χ1n) is 5.17. The molecule has 0 bridgehead atoms. The Morgan fingerprint density at radius 2 is 2.36 bits per heavy atom. The zero-order valence-electron chi connectivity index (χ0n) is 8.71. The lowest BCUT2D eigenvalue weighted by Gasteiger charge is -2.25. The van der Waals surface area contributed by atoms with Gasteiger partial charge in [0, 0.05) is 19.9 Å². The van der Waals surface area contributed by atoms with Crippen molar-refractivity contribution in [2.24, 2.45) is 0 Å². The molecule has 1 saturated heterocycles. The zero-order chi connectivity index (χ0) is 10.4. The summed E-state index contributed by atoms with van der Waals surface area (Å²) in [7, 11) is 1.65. The van der Waals surface area contributed by atoms with Crippen LogP contribution in [0.3, 0.4) is 0 Å². The van der Waals surface area contributed by atoms with Gasteiger partial charge in [0.15, 0.2) is 0 Å². The molecular formula is C10H18N2O2. The molecule has 0 unspecified atom stereocenters. The molecule has 80 valence electrons. The predicted molar refractivity (Wildman–Crippen MR) is 54.0 cm³/mol. The second kappa shape index (κ2) is 5.75. The van der Waals surface area contributed by atoms with E-state index in [1.54, 1.807) is 7.05 Å². The highest BCUT2D eigenvalue weighted by molar-refractivity contribution is 5.81. The van der Waals surface area contributed by atoms with Crippen LogP contribution in [0.1, 0.15) is 25.7 Å². The van der Waals surface area contributed by atoms with Crippen molar-refractivity contribution in [1.82, 2.24) is 10.2 Å². The van der Waals surface area contributed by atoms with Crippen LogP contribution in [-0.4, -0.2) is 43.3 Å². The van der Waals surface area contributed by atoms with Crippen LogP contribution in [0.5, 0.6) is 0 Å². The van der Waals surface area contributed by atoms with Crippen molar-refractivity contribution < 1.29 is 9.59 Å². The minimum Gasteiger partial charge on any atom is -0.359 e. The highest BCUT2D eigenvalue weighted by Gasteiger charge is 2.15. The number of hydrogen-bond donors (Lipinski definition) is 1. The number of nitrogens with zero attached hydrogens (tertiary/aromatic N) is 1. The molecular weight excluding hydrogens is 180 g/mol. The zero-order valence-corrected chi connectivity index (χ0v) is 8.71. The summed E-state index contributed by atoms with van der Waals surface area (Å²) >= 11 is 0. The molecule has 1 aliphatic heterocycles. The fourth-order valence-corrected chi connectivity index (χ4v) is 1.69. The SMILES string of the molecule is CNC(=O)CCCN1CCCC(=O)C1. The summed E-state index contributed by atoms with van der Waals surface area (Å²) in [6.07, 6.45) is 3.10. The number of rotatable bonds is 4. The molecule has 0 spiro atoms. The Kier molecular flexibility index (Phi) is 4.59. The Morgan fingerprint density at radius 3 is 3.00 bits per heavy atom. The second-order valence-electron chi connectivity index (χ2n) is 3.70. The van der Waals surface area contributed by atoms with E-state index in [2.05, 4.69) is 10.2 Å². The van der Waals surface area contributed by atoms with Gasteiger partial charge in [0.25, 0.3) is 0 Å². The number of hydrogen-bond acceptors (Lipinski definition) is 3. The Hall–Kier alpha value is -0.900. The van der Waals surface area contributed by atoms with Crippen molar-refractivity contribution in [3.8, 4) is 0 Å². The Bertz CT molecular complexity index is 216. The number of amides is 1. The van der Waals surface area contributed by atoms with Gasteiger partial charge in [-0.15, -0.1) is 0 Å². The molecule has 0 atom stereocenters. The number of piperidine rings is 1. The van der Waals surface area contributed by atoms with Gasteiger partial charge in [0.05, 0.1) is 6.54 Å². The first kappa shape index (κ1) is 11.2. The average molecular weight is 198 g/mol. The molecule has 0 saturated carbocycles. The topological polar surface area (TPSA) is 49.4 Å². The van der Waals surface area contributed by atoms with Gasteiger partial charge >= 0.3 is 0 Å². The van der Waals surface area contributed by atoms with Gasteiger partial charge in [-0.05, 0) is 25.9 Å². The number of carbonyl (C=O) groups excluding carboxylic acids is 2. The number of ketones is 1. The molecule has 1 heterocycles. The molecule has 0 radical (unpaired) electrons. The molecule has 0 aromatic rings. The first-order valence-corrected chi connectivity index (χ1v) is 5.17. The third-order valence-corrected chi connectivity index (χ3v) is 2.49. The van der Waals surface area contributed by atoms with Crippen molar-refractivity contribution in [3.63, 3.8) is 0 Å². The van der Waals surface area contributed by atoms with Gasteiger partial charge in [0.1, 0.15) is 5.78 Å². The van der Waals surface area contributed by atoms with Crippen LogP contribution in [0, 0.1) is 0 Å². The molecule has 0 aromatic carbocycles. The summed E-state index contributed by atoms with van der Waals surface area (Å²) in [6.45, 7) is 2.44. The molecule has 0 aliphatic carbocycles. The van der Waals surface area contributed by atoms with E-state index in [-0.39, 0.29) is 5.91 Å². The van der Waals surface area contributed by atoms with E-state index in [4.69, 9.17) is 0 Å². The van der Waals surface area contributed by atoms with Crippen LogP contribution >= 0.6 is 0 Å². The van der Waals surface area contributed by atoms with Crippen molar-refractivity contribution in [2.45, 2.75) is 25.7 Å². The van der Waals surface area contributed by atoms with Crippen LogP contribution in [0.4, 0.5) is 0 Å². The number of carbonyl (C=O) groups is 2.